The van der Waals surface area contributed by atoms with Crippen LogP contribution in [-0.4, -0.2) is 33.3 Å². The number of nitrogens with zero attached hydrogens (tertiary/aromatic N) is 4. The van der Waals surface area contributed by atoms with E-state index >= 15 is 0 Å². The van der Waals surface area contributed by atoms with E-state index in [9.17, 15) is 0 Å². The summed E-state index contributed by atoms with van der Waals surface area (Å²) in [6.45, 7) is 1.47. The van der Waals surface area contributed by atoms with Crippen molar-refractivity contribution in [1.82, 2.24) is 19.6 Å². The van der Waals surface area contributed by atoms with E-state index in [4.69, 9.17) is 16.3 Å². The molecule has 0 amide bonds. The summed E-state index contributed by atoms with van der Waals surface area (Å²) >= 11 is 6.43. The Balaban J connectivity index is 1.82. The van der Waals surface area contributed by atoms with E-state index in [0.717, 1.165) is 18.7 Å². The lowest BCUT2D eigenvalue weighted by Gasteiger charge is -2.25. The monoisotopic (exact) mass is 294 g/mol. The average molecular weight is 295 g/mol. The molecule has 0 radical (unpaired) electrons. The smallest absolute Gasteiger partial charge is 0.152 e. The molecule has 0 unspecified atom stereocenters. The number of hydrogen-bond donors (Lipinski definition) is 0. The van der Waals surface area contributed by atoms with Gasteiger partial charge >= 0.3 is 0 Å². The highest BCUT2D eigenvalue weighted by molar-refractivity contribution is 6.31. The minimum atomic E-state index is 0.616. The molecule has 2 aromatic heterocycles. The third-order valence-electron chi connectivity index (χ3n) is 3.90. The number of methoxy groups -OCH3 is 1. The number of ether oxygens (including phenoxy) is 1. The van der Waals surface area contributed by atoms with Crippen molar-refractivity contribution < 1.29 is 4.74 Å². The quantitative estimate of drug-likeness (QED) is 0.769. The lowest BCUT2D eigenvalue weighted by molar-refractivity contribution is 0.189. The second kappa shape index (κ2) is 5.97. The Hall–Kier alpha value is -1.33. The van der Waals surface area contributed by atoms with Gasteiger partial charge in [-0.3, -0.25) is 4.68 Å². The number of rotatable bonds is 6. The molecular formula is C14H19ClN4O. The van der Waals surface area contributed by atoms with Crippen molar-refractivity contribution in [2.45, 2.75) is 38.1 Å². The predicted molar refractivity (Wildman–Crippen MR) is 77.4 cm³/mol. The summed E-state index contributed by atoms with van der Waals surface area (Å²) in [6, 6.07) is 2.09. The molecule has 0 spiro atoms. The Morgan fingerprint density at radius 1 is 1.40 bits per heavy atom. The third kappa shape index (κ3) is 2.47. The average Bonchev–Trinajstić information content (AvgIpc) is 2.96. The van der Waals surface area contributed by atoms with Gasteiger partial charge in [0.25, 0.3) is 0 Å². The van der Waals surface area contributed by atoms with Crippen molar-refractivity contribution in [3.05, 3.63) is 29.3 Å². The molecule has 0 bridgehead atoms. The molecule has 6 heteroatoms. The van der Waals surface area contributed by atoms with Gasteiger partial charge in [0, 0.05) is 38.1 Å². The van der Waals surface area contributed by atoms with Gasteiger partial charge in [-0.1, -0.05) is 18.0 Å². The van der Waals surface area contributed by atoms with Crippen LogP contribution in [-0.2, 0) is 11.3 Å². The second-order valence-electron chi connectivity index (χ2n) is 5.19. The summed E-state index contributed by atoms with van der Waals surface area (Å²) in [5.41, 5.74) is 2.12. The van der Waals surface area contributed by atoms with Gasteiger partial charge in [-0.2, -0.15) is 10.2 Å². The van der Waals surface area contributed by atoms with Crippen molar-refractivity contribution in [3.8, 4) is 5.69 Å². The maximum atomic E-state index is 6.43. The number of aryl methyl sites for hydroxylation is 1. The fourth-order valence-corrected chi connectivity index (χ4v) is 2.80. The van der Waals surface area contributed by atoms with Crippen molar-refractivity contribution in [1.29, 1.82) is 0 Å². The molecule has 108 valence electrons. The zero-order valence-electron chi connectivity index (χ0n) is 11.6. The van der Waals surface area contributed by atoms with Crippen LogP contribution in [0.1, 0.15) is 37.3 Å². The van der Waals surface area contributed by atoms with Crippen LogP contribution in [0.3, 0.4) is 0 Å². The van der Waals surface area contributed by atoms with Gasteiger partial charge in [-0.15, -0.1) is 0 Å². The lowest BCUT2D eigenvalue weighted by atomic mass is 9.83. The highest BCUT2D eigenvalue weighted by atomic mass is 35.5. The normalized spacial score (nSPS) is 15.5. The number of halogens is 1. The number of aromatic nitrogens is 4. The topological polar surface area (TPSA) is 44.9 Å². The molecule has 1 fully saturated rings. The molecule has 0 atom stereocenters. The fraction of sp³-hybridized carbons (Fsp3) is 0.571. The zero-order valence-corrected chi connectivity index (χ0v) is 12.4. The molecule has 20 heavy (non-hydrogen) atoms. The van der Waals surface area contributed by atoms with E-state index in [1.165, 1.54) is 25.0 Å². The van der Waals surface area contributed by atoms with Gasteiger partial charge < -0.3 is 4.74 Å². The maximum Gasteiger partial charge on any atom is 0.152 e. The first-order chi connectivity index (χ1) is 9.81. The molecule has 1 saturated carbocycles. The van der Waals surface area contributed by atoms with E-state index in [2.05, 4.69) is 16.3 Å². The minimum absolute atomic E-state index is 0.616. The van der Waals surface area contributed by atoms with E-state index < -0.39 is 0 Å². The first-order valence-electron chi connectivity index (χ1n) is 7.06. The summed E-state index contributed by atoms with van der Waals surface area (Å²) in [6.07, 6.45) is 8.32. The minimum Gasteiger partial charge on any atom is -0.385 e. The van der Waals surface area contributed by atoms with Gasteiger partial charge in [0.1, 0.15) is 5.69 Å². The van der Waals surface area contributed by atoms with E-state index in [1.54, 1.807) is 13.3 Å². The summed E-state index contributed by atoms with van der Waals surface area (Å²) in [5.74, 6) is 0.616. The van der Waals surface area contributed by atoms with Gasteiger partial charge in [-0.05, 0) is 25.3 Å². The molecule has 1 aliphatic carbocycles. The predicted octanol–water partition coefficient (Wildman–Crippen LogP) is 3.03. The number of hydrogen-bond acceptors (Lipinski definition) is 3. The highest BCUT2D eigenvalue weighted by Gasteiger charge is 2.24. The molecule has 2 heterocycles. The van der Waals surface area contributed by atoms with Crippen LogP contribution in [0.4, 0.5) is 0 Å². The van der Waals surface area contributed by atoms with Crippen LogP contribution in [0.2, 0.25) is 5.15 Å². The van der Waals surface area contributed by atoms with Crippen molar-refractivity contribution in [3.63, 3.8) is 0 Å². The van der Waals surface area contributed by atoms with Crippen LogP contribution in [0.15, 0.2) is 18.5 Å². The van der Waals surface area contributed by atoms with Crippen LogP contribution in [0, 0.1) is 0 Å². The molecule has 1 aliphatic rings. The summed E-state index contributed by atoms with van der Waals surface area (Å²) in [7, 11) is 1.70. The van der Waals surface area contributed by atoms with Crippen LogP contribution in [0.5, 0.6) is 0 Å². The van der Waals surface area contributed by atoms with Crippen molar-refractivity contribution >= 4 is 11.6 Å². The third-order valence-corrected chi connectivity index (χ3v) is 4.29. The standard InChI is InChI=1S/C14H19ClN4O/c1-20-9-3-8-18-14(15)13(10-17-18)19-12(6-7-16-19)11-4-2-5-11/h6-7,10-11H,2-5,8-9H2,1H3. The zero-order chi connectivity index (χ0) is 13.9. The SMILES string of the molecule is COCCCn1ncc(-n2nccc2C2CCC2)c1Cl. The summed E-state index contributed by atoms with van der Waals surface area (Å²) < 4.78 is 8.80. The van der Waals surface area contributed by atoms with Crippen LogP contribution < -0.4 is 0 Å². The summed E-state index contributed by atoms with van der Waals surface area (Å²) in [4.78, 5) is 0. The first-order valence-corrected chi connectivity index (χ1v) is 7.43. The molecular weight excluding hydrogens is 276 g/mol. The summed E-state index contributed by atoms with van der Waals surface area (Å²) in [5, 5.41) is 9.41. The molecule has 0 N–H and O–H groups in total. The highest BCUT2D eigenvalue weighted by Crippen LogP contribution is 2.37. The molecule has 0 aliphatic heterocycles. The van der Waals surface area contributed by atoms with Gasteiger partial charge in [0.2, 0.25) is 0 Å². The maximum absolute atomic E-state index is 6.43. The van der Waals surface area contributed by atoms with E-state index in [-0.39, 0.29) is 0 Å². The van der Waals surface area contributed by atoms with Gasteiger partial charge in [0.15, 0.2) is 5.15 Å². The molecule has 0 saturated heterocycles. The Morgan fingerprint density at radius 3 is 2.95 bits per heavy atom. The van der Waals surface area contributed by atoms with Crippen molar-refractivity contribution in [2.75, 3.05) is 13.7 Å². The fourth-order valence-electron chi connectivity index (χ4n) is 2.55. The molecule has 5 nitrogen and oxygen atoms in total. The molecule has 2 aromatic rings. The van der Waals surface area contributed by atoms with E-state index in [0.29, 0.717) is 17.7 Å². The van der Waals surface area contributed by atoms with E-state index in [1.807, 2.05) is 15.6 Å². The van der Waals surface area contributed by atoms with Gasteiger partial charge in [-0.25, -0.2) is 4.68 Å². The Kier molecular flexibility index (Phi) is 4.08. The van der Waals surface area contributed by atoms with Crippen molar-refractivity contribution in [2.24, 2.45) is 0 Å². The largest absolute Gasteiger partial charge is 0.385 e. The second-order valence-corrected chi connectivity index (χ2v) is 5.54. The first kappa shape index (κ1) is 13.6. The lowest BCUT2D eigenvalue weighted by Crippen LogP contribution is -2.14. The van der Waals surface area contributed by atoms with Crippen LogP contribution >= 0.6 is 11.6 Å². The van der Waals surface area contributed by atoms with Crippen LogP contribution in [0.25, 0.3) is 5.69 Å². The Labute approximate surface area is 123 Å². The molecule has 3 rings (SSSR count). The van der Waals surface area contributed by atoms with Gasteiger partial charge in [0.05, 0.1) is 6.20 Å². The Morgan fingerprint density at radius 2 is 2.25 bits per heavy atom. The Bertz CT molecular complexity index is 573. The molecule has 0 aromatic carbocycles.